The van der Waals surface area contributed by atoms with Gasteiger partial charge in [-0.3, -0.25) is 20.2 Å². The van der Waals surface area contributed by atoms with Crippen LogP contribution in [0.5, 0.6) is 0 Å². The highest BCUT2D eigenvalue weighted by molar-refractivity contribution is 8.15. The molecule has 1 atom stereocenters. The van der Waals surface area contributed by atoms with Gasteiger partial charge in [-0.25, -0.2) is 0 Å². The second-order valence-corrected chi connectivity index (χ2v) is 5.68. The monoisotopic (exact) mass is 260 g/mol. The predicted octanol–water partition coefficient (Wildman–Crippen LogP) is 1.67. The van der Waals surface area contributed by atoms with E-state index in [1.807, 2.05) is 0 Å². The highest BCUT2D eigenvalue weighted by atomic mass is 32.3. The molecule has 0 spiro atoms. The van der Waals surface area contributed by atoms with Gasteiger partial charge in [0.25, 0.3) is 5.69 Å². The third-order valence-electron chi connectivity index (χ3n) is 1.98. The molecular formula is C7H4N2O5S2. The van der Waals surface area contributed by atoms with Crippen LogP contribution in [0.15, 0.2) is 21.9 Å². The van der Waals surface area contributed by atoms with E-state index in [-0.39, 0.29) is 15.7 Å². The molecule has 2 rings (SSSR count). The number of benzene rings is 1. The molecule has 7 nitrogen and oxygen atoms in total. The van der Waals surface area contributed by atoms with Crippen molar-refractivity contribution >= 4 is 34.3 Å². The summed E-state index contributed by atoms with van der Waals surface area (Å²) in [7, 11) is 0. The summed E-state index contributed by atoms with van der Waals surface area (Å²) in [6.45, 7) is 0. The molecule has 1 aliphatic rings. The first-order chi connectivity index (χ1) is 7.50. The van der Waals surface area contributed by atoms with Crippen LogP contribution in [0.4, 0.5) is 11.4 Å². The number of nitro groups is 2. The number of hydrogen-bond acceptors (Lipinski definition) is 6. The maximum Gasteiger partial charge on any atom is 0.331 e. The highest BCUT2D eigenvalue weighted by Crippen LogP contribution is 2.44. The fourth-order valence-corrected chi connectivity index (χ4v) is 4.28. The smallest absolute Gasteiger partial charge is 0.331 e. The van der Waals surface area contributed by atoms with Crippen LogP contribution in [-0.4, -0.2) is 19.5 Å². The van der Waals surface area contributed by atoms with E-state index in [0.29, 0.717) is 4.90 Å². The Balaban J connectivity index is 2.66. The van der Waals surface area contributed by atoms with Crippen LogP contribution in [-0.2, 0) is 11.2 Å². The molecule has 1 aromatic rings. The first-order valence-electron chi connectivity index (χ1n) is 3.98. The number of nitrogens with zero attached hydrogens (tertiary/aromatic N) is 2. The molecular weight excluding hydrogens is 256 g/mol. The van der Waals surface area contributed by atoms with E-state index in [0.717, 1.165) is 17.8 Å². The van der Waals surface area contributed by atoms with Crippen molar-refractivity contribution in [3.05, 3.63) is 32.4 Å². The number of fused-ring (bicyclic) bond motifs is 1. The summed E-state index contributed by atoms with van der Waals surface area (Å²) in [5, 5.41) is 21.5. The van der Waals surface area contributed by atoms with E-state index in [1.165, 1.54) is 6.07 Å². The molecule has 0 aliphatic carbocycles. The van der Waals surface area contributed by atoms with Crippen LogP contribution in [0.1, 0.15) is 0 Å². The van der Waals surface area contributed by atoms with Gasteiger partial charge >= 0.3 is 5.69 Å². The first kappa shape index (κ1) is 11.2. The molecule has 0 bridgehead atoms. The lowest BCUT2D eigenvalue weighted by atomic mass is 10.3. The number of nitro benzene ring substituents is 2. The zero-order valence-electron chi connectivity index (χ0n) is 7.61. The molecule has 1 unspecified atom stereocenters. The van der Waals surface area contributed by atoms with E-state index in [9.17, 15) is 24.8 Å². The van der Waals surface area contributed by atoms with Crippen molar-refractivity contribution in [2.75, 3.05) is 5.08 Å². The Morgan fingerprint density at radius 2 is 1.94 bits per heavy atom. The lowest BCUT2D eigenvalue weighted by Gasteiger charge is -2.02. The molecule has 0 fully saturated rings. The molecule has 1 aliphatic heterocycles. The van der Waals surface area contributed by atoms with E-state index >= 15 is 0 Å². The third kappa shape index (κ3) is 1.72. The molecule has 0 amide bonds. The van der Waals surface area contributed by atoms with Crippen LogP contribution in [0.25, 0.3) is 0 Å². The van der Waals surface area contributed by atoms with E-state index in [1.54, 1.807) is 0 Å². The maximum absolute atomic E-state index is 11.5. The molecule has 84 valence electrons. The summed E-state index contributed by atoms with van der Waals surface area (Å²) in [6, 6.07) is 2.07. The number of rotatable bonds is 2. The van der Waals surface area contributed by atoms with Crippen molar-refractivity contribution in [1.29, 1.82) is 0 Å². The summed E-state index contributed by atoms with van der Waals surface area (Å²) in [4.78, 5) is 20.3. The van der Waals surface area contributed by atoms with Gasteiger partial charge in [-0.2, -0.15) is 0 Å². The Labute approximate surface area is 96.3 Å². The standard InChI is InChI=1S/C7H4N2O5S2/c10-8(11)4-1-5(9(12)13)7-6(2-4)15-3-16(7)14/h1-2H,3H2. The Bertz CT molecular complexity index is 492. The first-order valence-corrected chi connectivity index (χ1v) is 6.29. The summed E-state index contributed by atoms with van der Waals surface area (Å²) >= 11 is -0.323. The third-order valence-corrected chi connectivity index (χ3v) is 4.95. The lowest BCUT2D eigenvalue weighted by molar-refractivity contribution is -0.396. The van der Waals surface area contributed by atoms with Crippen LogP contribution >= 0.6 is 11.8 Å². The van der Waals surface area contributed by atoms with Gasteiger partial charge in [0.15, 0.2) is 5.08 Å². The van der Waals surface area contributed by atoms with Crippen LogP contribution < -0.4 is 0 Å². The van der Waals surface area contributed by atoms with Crippen LogP contribution in [0.2, 0.25) is 0 Å². The average Bonchev–Trinajstić information content (AvgIpc) is 2.59. The second kappa shape index (κ2) is 3.92. The molecule has 0 saturated heterocycles. The van der Waals surface area contributed by atoms with Crippen LogP contribution in [0.3, 0.4) is 0 Å². The zero-order chi connectivity index (χ0) is 11.9. The fourth-order valence-electron chi connectivity index (χ4n) is 1.33. The molecule has 0 N–H and O–H groups in total. The summed E-state index contributed by atoms with van der Waals surface area (Å²) in [5.74, 6) is 0. The van der Waals surface area contributed by atoms with Crippen molar-refractivity contribution < 1.29 is 14.4 Å². The topological polar surface area (TPSA) is 109 Å². The highest BCUT2D eigenvalue weighted by Gasteiger charge is 2.37. The van der Waals surface area contributed by atoms with E-state index in [4.69, 9.17) is 0 Å². The van der Waals surface area contributed by atoms with Crippen molar-refractivity contribution in [2.45, 2.75) is 9.79 Å². The van der Waals surface area contributed by atoms with Gasteiger partial charge in [0.1, 0.15) is 0 Å². The summed E-state index contributed by atoms with van der Waals surface area (Å²) in [5.41, 5.74) is -0.788. The second-order valence-electron chi connectivity index (χ2n) is 2.91. The average molecular weight is 260 g/mol. The Hall–Kier alpha value is -1.32. The summed E-state index contributed by atoms with van der Waals surface area (Å²) in [6.07, 6.45) is 0. The zero-order valence-corrected chi connectivity index (χ0v) is 9.25. The largest absolute Gasteiger partial charge is 0.611 e. The van der Waals surface area contributed by atoms with E-state index < -0.39 is 26.7 Å². The quantitative estimate of drug-likeness (QED) is 0.454. The molecule has 9 heteroatoms. The molecule has 0 radical (unpaired) electrons. The number of non-ortho nitro benzene ring substituents is 1. The molecule has 0 saturated carbocycles. The van der Waals surface area contributed by atoms with Crippen molar-refractivity contribution in [3.63, 3.8) is 0 Å². The van der Waals surface area contributed by atoms with Gasteiger partial charge in [0.05, 0.1) is 20.8 Å². The van der Waals surface area contributed by atoms with Crippen LogP contribution in [0, 0.1) is 20.2 Å². The van der Waals surface area contributed by atoms with E-state index in [2.05, 4.69) is 0 Å². The van der Waals surface area contributed by atoms with Crippen molar-refractivity contribution in [2.24, 2.45) is 0 Å². The number of thioether (sulfide) groups is 1. The Morgan fingerprint density at radius 3 is 2.50 bits per heavy atom. The molecule has 1 aromatic carbocycles. The predicted molar refractivity (Wildman–Crippen MR) is 56.9 cm³/mol. The molecule has 1 heterocycles. The lowest BCUT2D eigenvalue weighted by Crippen LogP contribution is -2.03. The number of hydrogen-bond donors (Lipinski definition) is 0. The van der Waals surface area contributed by atoms with Gasteiger partial charge in [-0.05, 0) is 0 Å². The van der Waals surface area contributed by atoms with Crippen molar-refractivity contribution in [1.82, 2.24) is 0 Å². The minimum atomic E-state index is -1.45. The Morgan fingerprint density at radius 1 is 1.25 bits per heavy atom. The van der Waals surface area contributed by atoms with Gasteiger partial charge in [0.2, 0.25) is 4.90 Å². The summed E-state index contributed by atoms with van der Waals surface area (Å²) < 4.78 is 11.5. The SMILES string of the molecule is O=[N+]([O-])c1cc2c(c([N+](=O)[O-])c1)[S+]([O-])CS2. The fraction of sp³-hybridized carbons (Fsp3) is 0.143. The van der Waals surface area contributed by atoms with Gasteiger partial charge in [-0.15, -0.1) is 0 Å². The van der Waals surface area contributed by atoms with Gasteiger partial charge in [-0.1, -0.05) is 11.8 Å². The normalized spacial score (nSPS) is 18.2. The minimum absolute atomic E-state index is 0.0978. The minimum Gasteiger partial charge on any atom is -0.611 e. The Kier molecular flexibility index (Phi) is 2.74. The van der Waals surface area contributed by atoms with Crippen molar-refractivity contribution in [3.8, 4) is 0 Å². The van der Waals surface area contributed by atoms with Gasteiger partial charge in [0, 0.05) is 17.2 Å². The molecule has 0 aromatic heterocycles. The maximum atomic E-state index is 11.5. The van der Waals surface area contributed by atoms with Gasteiger partial charge < -0.3 is 4.55 Å². The molecule has 16 heavy (non-hydrogen) atoms.